The summed E-state index contributed by atoms with van der Waals surface area (Å²) in [5.41, 5.74) is 0.0501. The van der Waals surface area contributed by atoms with Crippen LogP contribution in [-0.4, -0.2) is 52.4 Å². The van der Waals surface area contributed by atoms with E-state index in [-0.39, 0.29) is 35.7 Å². The number of nitrogens with zero attached hydrogens (tertiary/aromatic N) is 2. The zero-order valence-corrected chi connectivity index (χ0v) is 15.6. The molecule has 2 rings (SSSR count). The molecule has 0 aliphatic carbocycles. The molecule has 1 atom stereocenters. The minimum atomic E-state index is -0.525. The molecule has 0 spiro atoms. The maximum absolute atomic E-state index is 13.8. The van der Waals surface area contributed by atoms with E-state index < -0.39 is 11.6 Å². The molecule has 0 aromatic heterocycles. The summed E-state index contributed by atoms with van der Waals surface area (Å²) in [5, 5.41) is 6.38. The third-order valence-corrected chi connectivity index (χ3v) is 3.61. The number of benzene rings is 1. The number of hydrogen-bond donors (Lipinski definition) is 2. The lowest BCUT2D eigenvalue weighted by Crippen LogP contribution is -2.45. The van der Waals surface area contributed by atoms with Gasteiger partial charge in [0.15, 0.2) is 5.96 Å². The molecule has 1 aromatic rings. The Kier molecular flexibility index (Phi) is 8.53. The van der Waals surface area contributed by atoms with E-state index in [0.29, 0.717) is 32.2 Å². The van der Waals surface area contributed by atoms with Crippen molar-refractivity contribution in [1.82, 2.24) is 10.6 Å². The van der Waals surface area contributed by atoms with Crippen molar-refractivity contribution in [2.45, 2.75) is 12.5 Å². The van der Waals surface area contributed by atoms with Crippen molar-refractivity contribution in [3.63, 3.8) is 0 Å². The van der Waals surface area contributed by atoms with Crippen LogP contribution in [0.3, 0.4) is 0 Å². The number of rotatable bonds is 5. The number of methoxy groups -OCH3 is 1. The van der Waals surface area contributed by atoms with Gasteiger partial charge in [-0.1, -0.05) is 6.07 Å². The van der Waals surface area contributed by atoms with Crippen LogP contribution < -0.4 is 15.5 Å². The van der Waals surface area contributed by atoms with Crippen LogP contribution in [0, 0.1) is 11.6 Å². The molecule has 1 aliphatic rings. The van der Waals surface area contributed by atoms with Crippen molar-refractivity contribution in [3.8, 4) is 0 Å². The summed E-state index contributed by atoms with van der Waals surface area (Å²) in [6.07, 6.45) is 0.790. The van der Waals surface area contributed by atoms with E-state index >= 15 is 0 Å². The molecule has 8 heteroatoms. The van der Waals surface area contributed by atoms with Crippen LogP contribution in [-0.2, 0) is 4.74 Å². The largest absolute Gasteiger partial charge is 0.383 e. The second kappa shape index (κ2) is 9.86. The number of anilines is 1. The zero-order chi connectivity index (χ0) is 15.9. The van der Waals surface area contributed by atoms with E-state index in [2.05, 4.69) is 15.6 Å². The Labute approximate surface area is 152 Å². The van der Waals surface area contributed by atoms with Gasteiger partial charge in [0, 0.05) is 39.8 Å². The number of ether oxygens (including phenoxy) is 1. The van der Waals surface area contributed by atoms with E-state index in [0.717, 1.165) is 6.42 Å². The van der Waals surface area contributed by atoms with Gasteiger partial charge in [-0.2, -0.15) is 0 Å². The van der Waals surface area contributed by atoms with Gasteiger partial charge in [0.2, 0.25) is 0 Å². The predicted octanol–water partition coefficient (Wildman–Crippen LogP) is 1.97. The van der Waals surface area contributed by atoms with E-state index in [9.17, 15) is 8.78 Å². The maximum Gasteiger partial charge on any atom is 0.191 e. The number of aliphatic imine (C=N–C) groups is 1. The molecule has 0 radical (unpaired) electrons. The summed E-state index contributed by atoms with van der Waals surface area (Å²) < 4.78 is 32.6. The van der Waals surface area contributed by atoms with Crippen LogP contribution in [0.15, 0.2) is 23.2 Å². The molecule has 0 saturated carbocycles. The fourth-order valence-electron chi connectivity index (χ4n) is 2.53. The molecule has 1 heterocycles. The van der Waals surface area contributed by atoms with Crippen LogP contribution in [0.2, 0.25) is 0 Å². The second-order valence-corrected chi connectivity index (χ2v) is 5.14. The highest BCUT2D eigenvalue weighted by atomic mass is 127. The topological polar surface area (TPSA) is 48.9 Å². The Bertz CT molecular complexity index is 510. The van der Waals surface area contributed by atoms with Gasteiger partial charge in [-0.3, -0.25) is 4.99 Å². The Balaban J connectivity index is 0.00000264. The Morgan fingerprint density at radius 2 is 2.09 bits per heavy atom. The van der Waals surface area contributed by atoms with Crippen molar-refractivity contribution in [2.24, 2.45) is 4.99 Å². The summed E-state index contributed by atoms with van der Waals surface area (Å²) in [6, 6.07) is 4.03. The molecule has 1 aliphatic heterocycles. The molecular formula is C15H23F2IN4O. The number of nitrogens with one attached hydrogen (secondary N) is 2. The summed E-state index contributed by atoms with van der Waals surface area (Å²) in [6.45, 7) is 2.36. The monoisotopic (exact) mass is 440 g/mol. The number of hydrogen-bond acceptors (Lipinski definition) is 3. The van der Waals surface area contributed by atoms with Crippen molar-refractivity contribution in [2.75, 3.05) is 45.3 Å². The van der Waals surface area contributed by atoms with Gasteiger partial charge in [-0.05, 0) is 18.6 Å². The summed E-state index contributed by atoms with van der Waals surface area (Å²) in [7, 11) is 3.32. The van der Waals surface area contributed by atoms with Crippen molar-refractivity contribution < 1.29 is 13.5 Å². The first-order valence-electron chi connectivity index (χ1n) is 7.30. The van der Waals surface area contributed by atoms with Crippen LogP contribution >= 0.6 is 24.0 Å². The fourth-order valence-corrected chi connectivity index (χ4v) is 2.53. The van der Waals surface area contributed by atoms with Gasteiger partial charge in [-0.15, -0.1) is 24.0 Å². The Morgan fingerprint density at radius 3 is 2.70 bits per heavy atom. The number of guanidine groups is 1. The van der Waals surface area contributed by atoms with Gasteiger partial charge < -0.3 is 20.3 Å². The predicted molar refractivity (Wildman–Crippen MR) is 98.8 cm³/mol. The minimum absolute atomic E-state index is 0. The average molecular weight is 440 g/mol. The first kappa shape index (κ1) is 19.9. The van der Waals surface area contributed by atoms with Crippen LogP contribution in [0.1, 0.15) is 6.42 Å². The molecule has 23 heavy (non-hydrogen) atoms. The molecule has 1 fully saturated rings. The fraction of sp³-hybridized carbons (Fsp3) is 0.533. The Hall–Kier alpha value is -1.16. The van der Waals surface area contributed by atoms with Crippen LogP contribution in [0.25, 0.3) is 0 Å². The Morgan fingerprint density at radius 1 is 1.39 bits per heavy atom. The first-order valence-corrected chi connectivity index (χ1v) is 7.30. The standard InChI is InChI=1S/C15H22F2N4O.HI/c1-18-15(19-7-9-22-2)20-11-6-8-21(10-11)14-12(16)4-3-5-13(14)17;/h3-5,11H,6-10H2,1-2H3,(H2,18,19,20);1H. The number of halogens is 3. The van der Waals surface area contributed by atoms with Crippen LogP contribution in [0.4, 0.5) is 14.5 Å². The SMILES string of the molecule is CN=C(NCCOC)NC1CCN(c2c(F)cccc2F)C1.I. The van der Waals surface area contributed by atoms with Crippen molar-refractivity contribution >= 4 is 35.6 Å². The van der Waals surface area contributed by atoms with Gasteiger partial charge >= 0.3 is 0 Å². The van der Waals surface area contributed by atoms with Crippen molar-refractivity contribution in [3.05, 3.63) is 29.8 Å². The highest BCUT2D eigenvalue weighted by Crippen LogP contribution is 2.26. The van der Waals surface area contributed by atoms with E-state index in [4.69, 9.17) is 4.74 Å². The zero-order valence-electron chi connectivity index (χ0n) is 13.3. The first-order chi connectivity index (χ1) is 10.7. The maximum atomic E-state index is 13.8. The van der Waals surface area contributed by atoms with Gasteiger partial charge in [0.1, 0.15) is 17.3 Å². The molecule has 0 amide bonds. The highest BCUT2D eigenvalue weighted by molar-refractivity contribution is 14.0. The molecule has 2 N–H and O–H groups in total. The van der Waals surface area contributed by atoms with Gasteiger partial charge in [0.25, 0.3) is 0 Å². The second-order valence-electron chi connectivity index (χ2n) is 5.14. The minimum Gasteiger partial charge on any atom is -0.383 e. The smallest absolute Gasteiger partial charge is 0.191 e. The van der Waals surface area contributed by atoms with Crippen LogP contribution in [0.5, 0.6) is 0 Å². The molecule has 0 bridgehead atoms. The molecule has 130 valence electrons. The number of para-hydroxylation sites is 1. The van der Waals surface area contributed by atoms with E-state index in [1.807, 2.05) is 0 Å². The third kappa shape index (κ3) is 5.45. The molecule has 1 saturated heterocycles. The lowest BCUT2D eigenvalue weighted by atomic mass is 10.2. The molecule has 1 aromatic carbocycles. The molecule has 1 unspecified atom stereocenters. The van der Waals surface area contributed by atoms with Gasteiger partial charge in [-0.25, -0.2) is 8.78 Å². The summed E-state index contributed by atoms with van der Waals surface area (Å²) in [4.78, 5) is 5.86. The molecular weight excluding hydrogens is 417 g/mol. The van der Waals surface area contributed by atoms with E-state index in [1.165, 1.54) is 18.2 Å². The lowest BCUT2D eigenvalue weighted by Gasteiger charge is -2.21. The third-order valence-electron chi connectivity index (χ3n) is 3.61. The summed E-state index contributed by atoms with van der Waals surface area (Å²) in [5.74, 6) is -0.385. The van der Waals surface area contributed by atoms with Gasteiger partial charge in [0.05, 0.1) is 6.61 Å². The quantitative estimate of drug-likeness (QED) is 0.318. The average Bonchev–Trinajstić information content (AvgIpc) is 2.94. The molecule has 5 nitrogen and oxygen atoms in total. The normalized spacial score (nSPS) is 17.8. The summed E-state index contributed by atoms with van der Waals surface area (Å²) >= 11 is 0. The highest BCUT2D eigenvalue weighted by Gasteiger charge is 2.27. The van der Waals surface area contributed by atoms with Crippen molar-refractivity contribution in [1.29, 1.82) is 0 Å². The van der Waals surface area contributed by atoms with E-state index in [1.54, 1.807) is 19.1 Å². The lowest BCUT2D eigenvalue weighted by molar-refractivity contribution is 0.203.